The van der Waals surface area contributed by atoms with Gasteiger partial charge in [-0.1, -0.05) is 35.3 Å². The van der Waals surface area contributed by atoms with Gasteiger partial charge in [-0.05, 0) is 36.8 Å². The average molecular weight is 521 g/mol. The molecule has 0 spiro atoms. The standard InChI is InChI=1S/C23H22Cl2N4O6/c1-12-20(22(31)34-3)21(28-23(32)27-12)13-7-8-17(18(9-13)33-2)35-11-19(30)29-26-10-14-15(24)5-4-6-16(14)25/h4-10,21H,11H2,1-3H3,(H,29,30)(H2,27,28,32)/t21-/m0/s1. The van der Waals surface area contributed by atoms with Gasteiger partial charge in [0.05, 0.1) is 42.1 Å². The summed E-state index contributed by atoms with van der Waals surface area (Å²) in [5.41, 5.74) is 3.97. The third kappa shape index (κ3) is 6.23. The molecule has 0 unspecified atom stereocenters. The van der Waals surface area contributed by atoms with E-state index < -0.39 is 23.9 Å². The zero-order valence-corrected chi connectivity index (χ0v) is 20.5. The summed E-state index contributed by atoms with van der Waals surface area (Å²) >= 11 is 12.1. The van der Waals surface area contributed by atoms with Crippen LogP contribution >= 0.6 is 23.2 Å². The molecule has 1 aliphatic heterocycles. The number of benzene rings is 2. The normalized spacial score (nSPS) is 15.3. The Bertz CT molecular complexity index is 1190. The van der Waals surface area contributed by atoms with E-state index in [9.17, 15) is 14.4 Å². The second-order valence-corrected chi connectivity index (χ2v) is 8.00. The minimum Gasteiger partial charge on any atom is -0.493 e. The van der Waals surface area contributed by atoms with Gasteiger partial charge in [0.2, 0.25) is 0 Å². The van der Waals surface area contributed by atoms with Crippen molar-refractivity contribution in [2.45, 2.75) is 13.0 Å². The first kappa shape index (κ1) is 25.9. The van der Waals surface area contributed by atoms with Gasteiger partial charge in [-0.25, -0.2) is 15.0 Å². The fraction of sp³-hybridized carbons (Fsp3) is 0.217. The Labute approximate surface area is 211 Å². The first-order valence-corrected chi connectivity index (χ1v) is 10.9. The summed E-state index contributed by atoms with van der Waals surface area (Å²) in [4.78, 5) is 36.4. The molecule has 0 saturated carbocycles. The molecule has 0 aliphatic carbocycles. The summed E-state index contributed by atoms with van der Waals surface area (Å²) in [5, 5.41) is 9.86. The highest BCUT2D eigenvalue weighted by Gasteiger charge is 2.32. The fourth-order valence-electron chi connectivity index (χ4n) is 3.29. The van der Waals surface area contributed by atoms with Gasteiger partial charge in [-0.15, -0.1) is 0 Å². The number of methoxy groups -OCH3 is 2. The molecule has 1 atom stereocenters. The van der Waals surface area contributed by atoms with Crippen LogP contribution in [-0.4, -0.2) is 44.9 Å². The quantitative estimate of drug-likeness (QED) is 0.278. The monoisotopic (exact) mass is 520 g/mol. The Morgan fingerprint density at radius 2 is 1.86 bits per heavy atom. The molecule has 0 fully saturated rings. The van der Waals surface area contributed by atoms with Gasteiger partial charge in [-0.2, -0.15) is 5.10 Å². The van der Waals surface area contributed by atoms with Crippen molar-refractivity contribution in [2.75, 3.05) is 20.8 Å². The lowest BCUT2D eigenvalue weighted by Crippen LogP contribution is -2.45. The molecular formula is C23H22Cl2N4O6. The number of amides is 3. The van der Waals surface area contributed by atoms with E-state index in [-0.39, 0.29) is 23.7 Å². The lowest BCUT2D eigenvalue weighted by atomic mass is 9.95. The number of allylic oxidation sites excluding steroid dienone is 1. The van der Waals surface area contributed by atoms with Crippen LogP contribution in [0, 0.1) is 0 Å². The molecule has 0 radical (unpaired) electrons. The average Bonchev–Trinajstić information content (AvgIpc) is 2.83. The van der Waals surface area contributed by atoms with Crippen LogP contribution in [-0.2, 0) is 14.3 Å². The Morgan fingerprint density at radius 3 is 2.51 bits per heavy atom. The molecule has 12 heteroatoms. The number of esters is 1. The minimum absolute atomic E-state index is 0.249. The van der Waals surface area contributed by atoms with Crippen molar-refractivity contribution >= 4 is 47.3 Å². The van der Waals surface area contributed by atoms with Gasteiger partial charge in [0.25, 0.3) is 5.91 Å². The molecular weight excluding hydrogens is 499 g/mol. The zero-order valence-electron chi connectivity index (χ0n) is 19.0. The molecule has 3 N–H and O–H groups in total. The first-order chi connectivity index (χ1) is 16.7. The van der Waals surface area contributed by atoms with Gasteiger partial charge in [0, 0.05) is 11.3 Å². The van der Waals surface area contributed by atoms with Crippen molar-refractivity contribution in [3.63, 3.8) is 0 Å². The Balaban J connectivity index is 1.70. The van der Waals surface area contributed by atoms with Crippen molar-refractivity contribution in [1.82, 2.24) is 16.1 Å². The van der Waals surface area contributed by atoms with Crippen molar-refractivity contribution in [3.05, 3.63) is 68.8 Å². The van der Waals surface area contributed by atoms with E-state index in [2.05, 4.69) is 21.2 Å². The van der Waals surface area contributed by atoms with Crippen molar-refractivity contribution in [3.8, 4) is 11.5 Å². The number of halogens is 2. The molecule has 10 nitrogen and oxygen atoms in total. The SMILES string of the molecule is COC(=O)C1=C(C)NC(=O)N[C@H]1c1ccc(OCC(=O)NN=Cc2c(Cl)cccc2Cl)c(OC)c1. The lowest BCUT2D eigenvalue weighted by molar-refractivity contribution is -0.136. The highest BCUT2D eigenvalue weighted by molar-refractivity contribution is 6.38. The molecule has 35 heavy (non-hydrogen) atoms. The molecule has 3 rings (SSSR count). The van der Waals surface area contributed by atoms with Crippen LogP contribution in [0.5, 0.6) is 11.5 Å². The van der Waals surface area contributed by atoms with Crippen LogP contribution < -0.4 is 25.5 Å². The van der Waals surface area contributed by atoms with Crippen LogP contribution in [0.4, 0.5) is 4.79 Å². The number of nitrogens with zero attached hydrogens (tertiary/aromatic N) is 1. The number of nitrogens with one attached hydrogen (secondary N) is 3. The third-order valence-corrected chi connectivity index (χ3v) is 5.60. The number of ether oxygens (including phenoxy) is 3. The third-order valence-electron chi connectivity index (χ3n) is 4.94. The zero-order chi connectivity index (χ0) is 25.5. The minimum atomic E-state index is -0.770. The number of carbonyl (C=O) groups is 3. The molecule has 2 aromatic carbocycles. The highest BCUT2D eigenvalue weighted by Crippen LogP contribution is 2.34. The van der Waals surface area contributed by atoms with Crippen LogP contribution in [0.2, 0.25) is 10.0 Å². The molecule has 0 saturated heterocycles. The largest absolute Gasteiger partial charge is 0.493 e. The number of hydrogen-bond donors (Lipinski definition) is 3. The summed E-state index contributed by atoms with van der Waals surface area (Å²) in [5.74, 6) is -0.566. The summed E-state index contributed by atoms with van der Waals surface area (Å²) in [6, 6.07) is 8.55. The van der Waals surface area contributed by atoms with Crippen molar-refractivity contribution in [1.29, 1.82) is 0 Å². The predicted molar refractivity (Wildman–Crippen MR) is 130 cm³/mol. The molecule has 3 amide bonds. The van der Waals surface area contributed by atoms with Crippen molar-refractivity contribution < 1.29 is 28.6 Å². The molecule has 1 heterocycles. The molecule has 184 valence electrons. The second-order valence-electron chi connectivity index (χ2n) is 7.19. The van der Waals surface area contributed by atoms with E-state index in [4.69, 9.17) is 37.4 Å². The molecule has 2 aromatic rings. The van der Waals surface area contributed by atoms with E-state index in [0.717, 1.165) is 0 Å². The number of rotatable bonds is 8. The second kappa shape index (κ2) is 11.6. The maximum Gasteiger partial charge on any atom is 0.337 e. The fourth-order valence-corrected chi connectivity index (χ4v) is 3.78. The summed E-state index contributed by atoms with van der Waals surface area (Å²) in [6.07, 6.45) is 1.33. The smallest absolute Gasteiger partial charge is 0.337 e. The van der Waals surface area contributed by atoms with Crippen LogP contribution in [0.25, 0.3) is 0 Å². The lowest BCUT2D eigenvalue weighted by Gasteiger charge is -2.28. The summed E-state index contributed by atoms with van der Waals surface area (Å²) in [7, 11) is 2.68. The molecule has 0 aromatic heterocycles. The maximum absolute atomic E-state index is 12.3. The topological polar surface area (TPSA) is 127 Å². The van der Waals surface area contributed by atoms with Gasteiger partial charge >= 0.3 is 12.0 Å². The van der Waals surface area contributed by atoms with Gasteiger partial charge < -0.3 is 24.8 Å². The number of hydrogen-bond acceptors (Lipinski definition) is 7. The number of carbonyl (C=O) groups excluding carboxylic acids is 3. The molecule has 1 aliphatic rings. The van der Waals surface area contributed by atoms with Crippen LogP contribution in [0.15, 0.2) is 52.8 Å². The van der Waals surface area contributed by atoms with Crippen LogP contribution in [0.3, 0.4) is 0 Å². The number of urea groups is 1. The summed E-state index contributed by atoms with van der Waals surface area (Å²) < 4.78 is 15.8. The first-order valence-electron chi connectivity index (χ1n) is 10.2. The summed E-state index contributed by atoms with van der Waals surface area (Å²) in [6.45, 7) is 1.24. The Hall–Kier alpha value is -3.76. The Kier molecular flexibility index (Phi) is 8.56. The van der Waals surface area contributed by atoms with E-state index >= 15 is 0 Å². The predicted octanol–water partition coefficient (Wildman–Crippen LogP) is 3.33. The van der Waals surface area contributed by atoms with Crippen molar-refractivity contribution in [2.24, 2.45) is 5.10 Å². The maximum atomic E-state index is 12.3. The molecule has 0 bridgehead atoms. The van der Waals surface area contributed by atoms with Gasteiger partial charge in [-0.3, -0.25) is 4.79 Å². The van der Waals surface area contributed by atoms with E-state index in [1.165, 1.54) is 20.4 Å². The number of hydrazone groups is 1. The van der Waals surface area contributed by atoms with E-state index in [1.54, 1.807) is 43.3 Å². The Morgan fingerprint density at radius 1 is 1.14 bits per heavy atom. The van der Waals surface area contributed by atoms with Gasteiger partial charge in [0.1, 0.15) is 0 Å². The van der Waals surface area contributed by atoms with E-state index in [0.29, 0.717) is 26.9 Å². The highest BCUT2D eigenvalue weighted by atomic mass is 35.5. The van der Waals surface area contributed by atoms with E-state index in [1.807, 2.05) is 0 Å². The van der Waals surface area contributed by atoms with Gasteiger partial charge in [0.15, 0.2) is 18.1 Å². The van der Waals surface area contributed by atoms with Crippen LogP contribution in [0.1, 0.15) is 24.1 Å².